The Hall–Kier alpha value is -4.22. The average Bonchev–Trinajstić information content (AvgIpc) is 3.23. The third-order valence-corrected chi connectivity index (χ3v) is 4.62. The molecule has 2 aromatic carbocycles. The van der Waals surface area contributed by atoms with E-state index in [1.54, 1.807) is 0 Å². The number of rotatable bonds is 5. The van der Waals surface area contributed by atoms with Gasteiger partial charge < -0.3 is 5.32 Å². The number of imide groups is 1. The van der Waals surface area contributed by atoms with Gasteiger partial charge in [0, 0.05) is 6.07 Å². The summed E-state index contributed by atoms with van der Waals surface area (Å²) < 4.78 is 13.1. The second kappa shape index (κ2) is 7.31. The lowest BCUT2D eigenvalue weighted by atomic mass is 10.1. The van der Waals surface area contributed by atoms with Crippen LogP contribution in [0.5, 0.6) is 0 Å². The average molecular weight is 412 g/mol. The van der Waals surface area contributed by atoms with E-state index in [2.05, 4.69) is 15.7 Å². The van der Waals surface area contributed by atoms with Crippen molar-refractivity contribution < 1.29 is 23.7 Å². The third kappa shape index (κ3) is 3.23. The Bertz CT molecular complexity index is 1090. The van der Waals surface area contributed by atoms with E-state index in [1.165, 1.54) is 36.4 Å². The maximum absolute atomic E-state index is 13.1. The summed E-state index contributed by atoms with van der Waals surface area (Å²) in [5, 5.41) is 22.0. The number of benzene rings is 2. The third-order valence-electron chi connectivity index (χ3n) is 4.62. The van der Waals surface area contributed by atoms with Crippen LogP contribution in [0.3, 0.4) is 0 Å². The van der Waals surface area contributed by atoms with E-state index < -0.39 is 47.1 Å². The van der Waals surface area contributed by atoms with Crippen LogP contribution < -0.4 is 10.2 Å². The van der Waals surface area contributed by atoms with Gasteiger partial charge in [-0.05, 0) is 30.3 Å². The minimum atomic E-state index is -1.13. The molecule has 30 heavy (non-hydrogen) atoms. The number of amides is 3. The number of anilines is 2. The van der Waals surface area contributed by atoms with Gasteiger partial charge in [-0.3, -0.25) is 29.5 Å². The van der Waals surface area contributed by atoms with Gasteiger partial charge >= 0.3 is 0 Å². The molecule has 0 aromatic heterocycles. The van der Waals surface area contributed by atoms with Gasteiger partial charge in [0.25, 0.3) is 17.5 Å². The number of nitrogens with zero attached hydrogens (tertiary/aromatic N) is 5. The van der Waals surface area contributed by atoms with Gasteiger partial charge in [0.2, 0.25) is 5.91 Å². The van der Waals surface area contributed by atoms with Gasteiger partial charge in [0.05, 0.1) is 10.6 Å². The van der Waals surface area contributed by atoms with Crippen molar-refractivity contribution in [2.45, 2.75) is 12.1 Å². The zero-order chi connectivity index (χ0) is 21.4. The molecule has 2 heterocycles. The van der Waals surface area contributed by atoms with Crippen molar-refractivity contribution in [1.29, 1.82) is 0 Å². The zero-order valence-electron chi connectivity index (χ0n) is 15.1. The Morgan fingerprint density at radius 1 is 1.13 bits per heavy atom. The van der Waals surface area contributed by atoms with Crippen LogP contribution in [0.4, 0.5) is 21.5 Å². The summed E-state index contributed by atoms with van der Waals surface area (Å²) in [6.07, 6.45) is 0. The highest BCUT2D eigenvalue weighted by Gasteiger charge is 2.55. The Labute approximate surface area is 167 Å². The molecule has 0 spiro atoms. The van der Waals surface area contributed by atoms with Crippen LogP contribution in [0.1, 0.15) is 0 Å². The van der Waals surface area contributed by atoms with E-state index >= 15 is 0 Å². The molecule has 0 aliphatic carbocycles. The molecule has 2 aliphatic heterocycles. The standard InChI is InChI=1S/C18H13FN6O5/c19-10-5-7-11(8-6-10)24-17(27)15-16(18(24)28)23(22-21-15)9-14(26)20-12-3-1-2-4-13(12)25(29)30/h1-8,15-16H,9H2,(H,20,26)/t15-,16-/m1/s1. The maximum atomic E-state index is 13.1. The van der Waals surface area contributed by atoms with Crippen molar-refractivity contribution in [3.63, 3.8) is 0 Å². The fraction of sp³-hybridized carbons (Fsp3) is 0.167. The van der Waals surface area contributed by atoms with E-state index in [0.717, 1.165) is 22.0 Å². The van der Waals surface area contributed by atoms with Crippen LogP contribution in [0.2, 0.25) is 0 Å². The number of nitro benzene ring substituents is 1. The van der Waals surface area contributed by atoms with Crippen LogP contribution in [-0.2, 0) is 14.4 Å². The molecule has 2 aromatic rings. The highest BCUT2D eigenvalue weighted by atomic mass is 19.1. The van der Waals surface area contributed by atoms with Crippen LogP contribution in [0, 0.1) is 15.9 Å². The Morgan fingerprint density at radius 3 is 2.53 bits per heavy atom. The predicted molar refractivity (Wildman–Crippen MR) is 99.8 cm³/mol. The molecule has 2 aliphatic rings. The first-order valence-electron chi connectivity index (χ1n) is 8.71. The summed E-state index contributed by atoms with van der Waals surface area (Å²) in [5.41, 5.74) is -0.122. The molecule has 3 amide bonds. The van der Waals surface area contributed by atoms with Gasteiger partial charge in [-0.2, -0.15) is 5.11 Å². The summed E-state index contributed by atoms with van der Waals surface area (Å²) in [6, 6.07) is 8.14. The SMILES string of the molecule is O=C(CN1N=N[C@H]2C(=O)N(c3ccc(F)cc3)C(=O)[C@@H]21)Nc1ccccc1[N+](=O)[O-]. The maximum Gasteiger partial charge on any atom is 0.292 e. The molecule has 0 bridgehead atoms. The number of halogens is 1. The summed E-state index contributed by atoms with van der Waals surface area (Å²) in [7, 11) is 0. The van der Waals surface area contributed by atoms with Gasteiger partial charge in [-0.1, -0.05) is 17.4 Å². The van der Waals surface area contributed by atoms with Crippen molar-refractivity contribution in [3.05, 3.63) is 64.5 Å². The topological polar surface area (TPSA) is 138 Å². The smallest absolute Gasteiger partial charge is 0.292 e. The first-order chi connectivity index (χ1) is 14.4. The van der Waals surface area contributed by atoms with Crippen molar-refractivity contribution in [2.75, 3.05) is 16.8 Å². The summed E-state index contributed by atoms with van der Waals surface area (Å²) >= 11 is 0. The number of hydrogen-bond donors (Lipinski definition) is 1. The minimum absolute atomic E-state index is 0.0121. The molecule has 4 rings (SSSR count). The molecule has 152 valence electrons. The van der Waals surface area contributed by atoms with Gasteiger partial charge in [0.1, 0.15) is 18.0 Å². The van der Waals surface area contributed by atoms with Crippen LogP contribution in [0.25, 0.3) is 0 Å². The van der Waals surface area contributed by atoms with E-state index in [-0.39, 0.29) is 17.1 Å². The summed E-state index contributed by atoms with van der Waals surface area (Å²) in [4.78, 5) is 49.1. The molecular formula is C18H13FN6O5. The minimum Gasteiger partial charge on any atom is -0.319 e. The molecule has 11 nitrogen and oxygen atoms in total. The van der Waals surface area contributed by atoms with Crippen molar-refractivity contribution in [3.8, 4) is 0 Å². The summed E-state index contributed by atoms with van der Waals surface area (Å²) in [5.74, 6) is -2.49. The van der Waals surface area contributed by atoms with Crippen LogP contribution in [-0.4, -0.2) is 46.3 Å². The van der Waals surface area contributed by atoms with Crippen LogP contribution >= 0.6 is 0 Å². The van der Waals surface area contributed by atoms with Gasteiger partial charge in [-0.25, -0.2) is 9.29 Å². The molecule has 0 unspecified atom stereocenters. The van der Waals surface area contributed by atoms with E-state index in [1.807, 2.05) is 0 Å². The Morgan fingerprint density at radius 2 is 1.83 bits per heavy atom. The predicted octanol–water partition coefficient (Wildman–Crippen LogP) is 1.67. The first-order valence-corrected chi connectivity index (χ1v) is 8.71. The molecule has 12 heteroatoms. The molecule has 0 saturated carbocycles. The van der Waals surface area contributed by atoms with Crippen molar-refractivity contribution in [2.24, 2.45) is 10.3 Å². The number of hydrogen-bond acceptors (Lipinski definition) is 8. The molecule has 1 fully saturated rings. The number of carbonyl (C=O) groups excluding carboxylic acids is 3. The number of nitro groups is 1. The lowest BCUT2D eigenvalue weighted by Crippen LogP contribution is -2.43. The number of fused-ring (bicyclic) bond motifs is 1. The number of carbonyl (C=O) groups is 3. The zero-order valence-corrected chi connectivity index (χ0v) is 15.1. The lowest BCUT2D eigenvalue weighted by molar-refractivity contribution is -0.383. The van der Waals surface area contributed by atoms with E-state index in [4.69, 9.17) is 0 Å². The number of para-hydroxylation sites is 2. The fourth-order valence-corrected chi connectivity index (χ4v) is 3.27. The molecule has 1 N–H and O–H groups in total. The fourth-order valence-electron chi connectivity index (χ4n) is 3.27. The monoisotopic (exact) mass is 412 g/mol. The van der Waals surface area contributed by atoms with E-state index in [0.29, 0.717) is 0 Å². The highest BCUT2D eigenvalue weighted by molar-refractivity contribution is 6.25. The van der Waals surface area contributed by atoms with Crippen molar-refractivity contribution >= 4 is 34.8 Å². The Kier molecular flexibility index (Phi) is 4.66. The molecule has 0 radical (unpaired) electrons. The van der Waals surface area contributed by atoms with Crippen molar-refractivity contribution in [1.82, 2.24) is 5.01 Å². The quantitative estimate of drug-likeness (QED) is 0.450. The van der Waals surface area contributed by atoms with Gasteiger partial charge in [-0.15, -0.1) is 0 Å². The molecular weight excluding hydrogens is 399 g/mol. The highest BCUT2D eigenvalue weighted by Crippen LogP contribution is 2.32. The lowest BCUT2D eigenvalue weighted by Gasteiger charge is -2.20. The Balaban J connectivity index is 1.50. The van der Waals surface area contributed by atoms with E-state index in [9.17, 15) is 28.9 Å². The summed E-state index contributed by atoms with van der Waals surface area (Å²) in [6.45, 7) is -0.451. The van der Waals surface area contributed by atoms with Crippen LogP contribution in [0.15, 0.2) is 58.9 Å². The second-order valence-electron chi connectivity index (χ2n) is 6.50. The first kappa shape index (κ1) is 19.1. The molecule has 1 saturated heterocycles. The number of nitrogens with one attached hydrogen (secondary N) is 1. The molecule has 2 atom stereocenters. The van der Waals surface area contributed by atoms with Gasteiger partial charge in [0.15, 0.2) is 12.1 Å². The second-order valence-corrected chi connectivity index (χ2v) is 6.50. The normalized spacial score (nSPS) is 19.9. The largest absolute Gasteiger partial charge is 0.319 e.